The van der Waals surface area contributed by atoms with Gasteiger partial charge in [0.15, 0.2) is 0 Å². The van der Waals surface area contributed by atoms with Gasteiger partial charge in [-0.15, -0.1) is 0 Å². The zero-order valence-electron chi connectivity index (χ0n) is 11.5. The third-order valence-corrected chi connectivity index (χ3v) is 3.32. The average Bonchev–Trinajstić information content (AvgIpc) is 2.55. The molecule has 1 aliphatic heterocycles. The first-order chi connectivity index (χ1) is 8.65. The van der Waals surface area contributed by atoms with Crippen LogP contribution in [0.3, 0.4) is 0 Å². The van der Waals surface area contributed by atoms with Crippen LogP contribution in [0.15, 0.2) is 6.07 Å². The van der Waals surface area contributed by atoms with E-state index in [0.29, 0.717) is 0 Å². The lowest BCUT2D eigenvalue weighted by Crippen LogP contribution is -2.27. The molecule has 0 bridgehead atoms. The van der Waals surface area contributed by atoms with Gasteiger partial charge in [0.05, 0.1) is 0 Å². The second-order valence-corrected chi connectivity index (χ2v) is 5.38. The maximum absolute atomic E-state index is 5.85. The van der Waals surface area contributed by atoms with Crippen molar-refractivity contribution in [3.8, 4) is 0 Å². The van der Waals surface area contributed by atoms with Gasteiger partial charge in [-0.05, 0) is 32.8 Å². The number of nitrogens with two attached hydrogens (primary N) is 1. The largest absolute Gasteiger partial charge is 0.341 e. The van der Waals surface area contributed by atoms with Crippen molar-refractivity contribution < 1.29 is 0 Å². The topological polar surface area (TPSA) is 55.0 Å². The molecule has 0 radical (unpaired) electrons. The smallest absolute Gasteiger partial charge is 0.225 e. The molecular weight excluding hydrogens is 224 g/mol. The Labute approximate surface area is 110 Å². The molecule has 1 fully saturated rings. The standard InChI is InChI=1S/C14H24N4/c1-11(15)9-13-10-12(2)16-14(17-13)18-7-5-3-4-6-8-18/h10-11H,3-9,15H2,1-2H3. The predicted octanol–water partition coefficient (Wildman–Crippen LogP) is 2.06. The predicted molar refractivity (Wildman–Crippen MR) is 74.8 cm³/mol. The summed E-state index contributed by atoms with van der Waals surface area (Å²) in [5.74, 6) is 0.896. The molecule has 1 aliphatic rings. The highest BCUT2D eigenvalue weighted by Gasteiger charge is 2.14. The zero-order valence-corrected chi connectivity index (χ0v) is 11.5. The van der Waals surface area contributed by atoms with Gasteiger partial charge in [-0.1, -0.05) is 12.8 Å². The Bertz CT molecular complexity index is 381. The Morgan fingerprint density at radius 3 is 2.50 bits per heavy atom. The molecule has 0 aromatic carbocycles. The van der Waals surface area contributed by atoms with Crippen molar-refractivity contribution in [2.24, 2.45) is 5.73 Å². The van der Waals surface area contributed by atoms with Crippen LogP contribution in [0.25, 0.3) is 0 Å². The van der Waals surface area contributed by atoms with Crippen LogP contribution in [0.1, 0.15) is 44.0 Å². The summed E-state index contributed by atoms with van der Waals surface area (Å²) in [4.78, 5) is 11.6. The Morgan fingerprint density at radius 1 is 1.22 bits per heavy atom. The number of anilines is 1. The minimum Gasteiger partial charge on any atom is -0.341 e. The molecular formula is C14H24N4. The van der Waals surface area contributed by atoms with E-state index in [4.69, 9.17) is 5.73 Å². The molecule has 1 aromatic rings. The van der Waals surface area contributed by atoms with Crippen molar-refractivity contribution in [3.63, 3.8) is 0 Å². The second-order valence-electron chi connectivity index (χ2n) is 5.38. The van der Waals surface area contributed by atoms with Crippen molar-refractivity contribution >= 4 is 5.95 Å². The monoisotopic (exact) mass is 248 g/mol. The summed E-state index contributed by atoms with van der Waals surface area (Å²) >= 11 is 0. The van der Waals surface area contributed by atoms with E-state index < -0.39 is 0 Å². The number of aromatic nitrogens is 2. The highest BCUT2D eigenvalue weighted by molar-refractivity contribution is 5.32. The number of hydrogen-bond donors (Lipinski definition) is 1. The molecule has 1 saturated heterocycles. The fraction of sp³-hybridized carbons (Fsp3) is 0.714. The second kappa shape index (κ2) is 6.14. The molecule has 0 spiro atoms. The van der Waals surface area contributed by atoms with Gasteiger partial charge in [0.2, 0.25) is 5.95 Å². The molecule has 2 N–H and O–H groups in total. The zero-order chi connectivity index (χ0) is 13.0. The minimum atomic E-state index is 0.149. The summed E-state index contributed by atoms with van der Waals surface area (Å²) < 4.78 is 0. The van der Waals surface area contributed by atoms with E-state index in [1.165, 1.54) is 25.7 Å². The lowest BCUT2D eigenvalue weighted by Gasteiger charge is -2.21. The van der Waals surface area contributed by atoms with Crippen molar-refractivity contribution in [3.05, 3.63) is 17.5 Å². The summed E-state index contributed by atoms with van der Waals surface area (Å²) in [7, 11) is 0. The van der Waals surface area contributed by atoms with E-state index in [9.17, 15) is 0 Å². The van der Waals surface area contributed by atoms with Gasteiger partial charge in [-0.2, -0.15) is 0 Å². The number of rotatable bonds is 3. The van der Waals surface area contributed by atoms with Gasteiger partial charge in [0, 0.05) is 36.9 Å². The fourth-order valence-corrected chi connectivity index (χ4v) is 2.46. The highest BCUT2D eigenvalue weighted by atomic mass is 15.2. The van der Waals surface area contributed by atoms with E-state index in [1.807, 2.05) is 19.9 Å². The maximum atomic E-state index is 5.85. The van der Waals surface area contributed by atoms with Gasteiger partial charge >= 0.3 is 0 Å². The first-order valence-corrected chi connectivity index (χ1v) is 7.00. The molecule has 2 rings (SSSR count). The first-order valence-electron chi connectivity index (χ1n) is 7.00. The van der Waals surface area contributed by atoms with E-state index in [-0.39, 0.29) is 6.04 Å². The number of nitrogens with zero attached hydrogens (tertiary/aromatic N) is 3. The SMILES string of the molecule is Cc1cc(CC(C)N)nc(N2CCCCCC2)n1. The quantitative estimate of drug-likeness (QED) is 0.889. The maximum Gasteiger partial charge on any atom is 0.225 e. The summed E-state index contributed by atoms with van der Waals surface area (Å²) in [6.45, 7) is 6.22. The summed E-state index contributed by atoms with van der Waals surface area (Å²) in [5, 5.41) is 0. The number of hydrogen-bond acceptors (Lipinski definition) is 4. The van der Waals surface area contributed by atoms with Crippen molar-refractivity contribution in [2.45, 2.75) is 52.0 Å². The Kier molecular flexibility index (Phi) is 4.53. The van der Waals surface area contributed by atoms with E-state index in [0.717, 1.165) is 36.8 Å². The van der Waals surface area contributed by atoms with Crippen LogP contribution < -0.4 is 10.6 Å². The van der Waals surface area contributed by atoms with Gasteiger partial charge < -0.3 is 10.6 Å². The van der Waals surface area contributed by atoms with Crippen LogP contribution in [0.5, 0.6) is 0 Å². The van der Waals surface area contributed by atoms with Crippen LogP contribution >= 0.6 is 0 Å². The van der Waals surface area contributed by atoms with Gasteiger partial charge in [0.1, 0.15) is 0 Å². The van der Waals surface area contributed by atoms with Crippen LogP contribution in [-0.2, 0) is 6.42 Å². The Balaban J connectivity index is 2.17. The van der Waals surface area contributed by atoms with Crippen LogP contribution in [0.4, 0.5) is 5.95 Å². The summed E-state index contributed by atoms with van der Waals surface area (Å²) in [5.41, 5.74) is 7.96. The highest BCUT2D eigenvalue weighted by Crippen LogP contribution is 2.17. The molecule has 100 valence electrons. The lowest BCUT2D eigenvalue weighted by molar-refractivity contribution is 0.705. The van der Waals surface area contributed by atoms with E-state index in [2.05, 4.69) is 14.9 Å². The Morgan fingerprint density at radius 2 is 1.89 bits per heavy atom. The molecule has 2 heterocycles. The van der Waals surface area contributed by atoms with Crippen molar-refractivity contribution in [1.82, 2.24) is 9.97 Å². The van der Waals surface area contributed by atoms with E-state index >= 15 is 0 Å². The average molecular weight is 248 g/mol. The molecule has 1 unspecified atom stereocenters. The molecule has 0 aliphatic carbocycles. The molecule has 0 amide bonds. The summed E-state index contributed by atoms with van der Waals surface area (Å²) in [6.07, 6.45) is 5.98. The fourth-order valence-electron chi connectivity index (χ4n) is 2.46. The van der Waals surface area contributed by atoms with Gasteiger partial charge in [-0.25, -0.2) is 9.97 Å². The molecule has 1 aromatic heterocycles. The Hall–Kier alpha value is -1.16. The normalized spacial score (nSPS) is 18.5. The molecule has 4 nitrogen and oxygen atoms in total. The van der Waals surface area contributed by atoms with Crippen molar-refractivity contribution in [1.29, 1.82) is 0 Å². The van der Waals surface area contributed by atoms with Gasteiger partial charge in [0.25, 0.3) is 0 Å². The summed E-state index contributed by atoms with van der Waals surface area (Å²) in [6, 6.07) is 2.20. The van der Waals surface area contributed by atoms with Crippen LogP contribution in [-0.4, -0.2) is 29.1 Å². The van der Waals surface area contributed by atoms with Crippen LogP contribution in [0, 0.1) is 6.92 Å². The van der Waals surface area contributed by atoms with Gasteiger partial charge in [-0.3, -0.25) is 0 Å². The lowest BCUT2D eigenvalue weighted by atomic mass is 10.2. The third-order valence-electron chi connectivity index (χ3n) is 3.32. The molecule has 4 heteroatoms. The number of aryl methyl sites for hydroxylation is 1. The van der Waals surface area contributed by atoms with E-state index in [1.54, 1.807) is 0 Å². The molecule has 1 atom stereocenters. The first kappa shape index (κ1) is 13.3. The van der Waals surface area contributed by atoms with Crippen LogP contribution in [0.2, 0.25) is 0 Å². The molecule has 0 saturated carbocycles. The minimum absolute atomic E-state index is 0.149. The third kappa shape index (κ3) is 3.67. The molecule has 18 heavy (non-hydrogen) atoms. The van der Waals surface area contributed by atoms with Crippen molar-refractivity contribution in [2.75, 3.05) is 18.0 Å².